The number of hydrogen-bond donors (Lipinski definition) is 2. The number of amides is 3. The van der Waals surface area contributed by atoms with Crippen LogP contribution >= 0.6 is 23.1 Å². The minimum Gasteiger partial charge on any atom is -0.342 e. The number of carbonyl (C=O) groups is 3. The van der Waals surface area contributed by atoms with E-state index in [1.165, 1.54) is 11.3 Å². The summed E-state index contributed by atoms with van der Waals surface area (Å²) in [7, 11) is 0. The zero-order valence-electron chi connectivity index (χ0n) is 17.9. The molecule has 2 aliphatic heterocycles. The number of thiazole rings is 1. The fraction of sp³-hybridized carbons (Fsp3) is 0.455. The van der Waals surface area contributed by atoms with Crippen molar-refractivity contribution >= 4 is 46.0 Å². The molecule has 3 amide bonds. The average Bonchev–Trinajstić information content (AvgIpc) is 3.41. The van der Waals surface area contributed by atoms with Gasteiger partial charge in [-0.15, -0.1) is 23.1 Å². The van der Waals surface area contributed by atoms with E-state index in [2.05, 4.69) is 15.6 Å². The first-order chi connectivity index (χ1) is 14.7. The highest BCUT2D eigenvalue weighted by Crippen LogP contribution is 2.56. The maximum atomic E-state index is 13.5. The third-order valence-electron chi connectivity index (χ3n) is 6.00. The Morgan fingerprint density at radius 2 is 2.03 bits per heavy atom. The van der Waals surface area contributed by atoms with E-state index in [1.807, 2.05) is 52.0 Å². The molecule has 0 saturated carbocycles. The molecule has 164 valence electrons. The Morgan fingerprint density at radius 3 is 2.71 bits per heavy atom. The highest BCUT2D eigenvalue weighted by Gasteiger charge is 2.57. The molecule has 9 heteroatoms. The summed E-state index contributed by atoms with van der Waals surface area (Å²) in [5, 5.41) is 7.83. The second kappa shape index (κ2) is 8.27. The number of aromatic nitrogens is 1. The number of anilines is 1. The van der Waals surface area contributed by atoms with Gasteiger partial charge in [-0.2, -0.15) is 0 Å². The number of hydrogen-bond acceptors (Lipinski definition) is 6. The Labute approximate surface area is 190 Å². The molecule has 0 spiro atoms. The number of thioether (sulfide) groups is 1. The molecule has 1 fully saturated rings. The lowest BCUT2D eigenvalue weighted by Crippen LogP contribution is -2.57. The predicted molar refractivity (Wildman–Crippen MR) is 123 cm³/mol. The first kappa shape index (κ1) is 21.8. The largest absolute Gasteiger partial charge is 0.342 e. The minimum atomic E-state index is -0.721. The second-order valence-electron chi connectivity index (χ2n) is 8.47. The highest BCUT2D eigenvalue weighted by molar-refractivity contribution is 8.01. The maximum absolute atomic E-state index is 13.5. The van der Waals surface area contributed by atoms with Gasteiger partial charge in [0.25, 0.3) is 5.91 Å². The van der Waals surface area contributed by atoms with Crippen molar-refractivity contribution in [2.24, 2.45) is 5.92 Å². The SMILES string of the molecule is CC[C@H](C)[C@H](NC(=O)[C@@H]1N2C(=O)c3ccccc3[C@H]2SC1(C)C)C(=O)Nc1nccs1. The summed E-state index contributed by atoms with van der Waals surface area (Å²) in [6.45, 7) is 7.86. The third-order valence-corrected chi connectivity index (χ3v) is 8.22. The molecule has 2 aliphatic rings. The molecule has 1 saturated heterocycles. The van der Waals surface area contributed by atoms with Gasteiger partial charge in [0.2, 0.25) is 11.8 Å². The summed E-state index contributed by atoms with van der Waals surface area (Å²) in [6, 6.07) is 6.11. The molecule has 4 atom stereocenters. The van der Waals surface area contributed by atoms with Gasteiger partial charge in [-0.25, -0.2) is 4.98 Å². The van der Waals surface area contributed by atoms with Crippen molar-refractivity contribution in [3.8, 4) is 0 Å². The lowest BCUT2D eigenvalue weighted by Gasteiger charge is -2.32. The van der Waals surface area contributed by atoms with Crippen LogP contribution in [0.15, 0.2) is 35.8 Å². The summed E-state index contributed by atoms with van der Waals surface area (Å²) < 4.78 is -0.496. The van der Waals surface area contributed by atoms with Crippen LogP contribution in [0.1, 0.15) is 55.4 Å². The standard InChI is InChI=1S/C22H26N4O3S2/c1-5-12(2)15(17(27)25-21-23-10-11-30-21)24-18(28)16-22(3,4)31-20-14-9-7-6-8-13(14)19(29)26(16)20/h6-12,15-16,20H,5H2,1-4H3,(H,24,28)(H,23,25,27)/t12-,15-,16-,20+/m0/s1. The van der Waals surface area contributed by atoms with Crippen LogP contribution in [0.5, 0.6) is 0 Å². The van der Waals surface area contributed by atoms with Gasteiger partial charge in [-0.3, -0.25) is 14.4 Å². The van der Waals surface area contributed by atoms with E-state index in [4.69, 9.17) is 0 Å². The van der Waals surface area contributed by atoms with Crippen molar-refractivity contribution in [3.05, 3.63) is 47.0 Å². The highest BCUT2D eigenvalue weighted by atomic mass is 32.2. The molecule has 2 N–H and O–H groups in total. The van der Waals surface area contributed by atoms with Crippen LogP contribution in [-0.2, 0) is 9.59 Å². The molecule has 0 unspecified atom stereocenters. The molecule has 7 nitrogen and oxygen atoms in total. The Hall–Kier alpha value is -2.39. The smallest absolute Gasteiger partial charge is 0.256 e. The molecule has 4 rings (SSSR count). The molecule has 0 bridgehead atoms. The molecule has 0 aliphatic carbocycles. The summed E-state index contributed by atoms with van der Waals surface area (Å²) in [5.74, 6) is -0.816. The van der Waals surface area contributed by atoms with Gasteiger partial charge in [-0.05, 0) is 31.4 Å². The van der Waals surface area contributed by atoms with E-state index < -0.39 is 16.8 Å². The van der Waals surface area contributed by atoms with E-state index >= 15 is 0 Å². The van der Waals surface area contributed by atoms with Crippen LogP contribution in [0.25, 0.3) is 0 Å². The summed E-state index contributed by atoms with van der Waals surface area (Å²) >= 11 is 2.94. The Balaban J connectivity index is 1.58. The molecule has 3 heterocycles. The van der Waals surface area contributed by atoms with Gasteiger partial charge >= 0.3 is 0 Å². The van der Waals surface area contributed by atoms with Crippen LogP contribution in [0.4, 0.5) is 5.13 Å². The monoisotopic (exact) mass is 458 g/mol. The van der Waals surface area contributed by atoms with Gasteiger partial charge < -0.3 is 15.5 Å². The van der Waals surface area contributed by atoms with Gasteiger partial charge in [0.05, 0.1) is 0 Å². The molecule has 31 heavy (non-hydrogen) atoms. The van der Waals surface area contributed by atoms with Gasteiger partial charge in [0.15, 0.2) is 5.13 Å². The van der Waals surface area contributed by atoms with Crippen LogP contribution in [-0.4, -0.2) is 44.4 Å². The third kappa shape index (κ3) is 3.85. The van der Waals surface area contributed by atoms with E-state index in [9.17, 15) is 14.4 Å². The normalized spacial score (nSPS) is 23.1. The quantitative estimate of drug-likeness (QED) is 0.689. The lowest BCUT2D eigenvalue weighted by molar-refractivity contribution is -0.131. The van der Waals surface area contributed by atoms with Crippen molar-refractivity contribution in [3.63, 3.8) is 0 Å². The molecule has 2 aromatic rings. The first-order valence-electron chi connectivity index (χ1n) is 10.3. The lowest BCUT2D eigenvalue weighted by atomic mass is 9.95. The van der Waals surface area contributed by atoms with Crippen molar-refractivity contribution in [2.45, 2.75) is 56.3 Å². The Kier molecular flexibility index (Phi) is 5.83. The Morgan fingerprint density at radius 1 is 1.29 bits per heavy atom. The summed E-state index contributed by atoms with van der Waals surface area (Å²) in [5.41, 5.74) is 1.59. The number of carbonyl (C=O) groups excluding carboxylic acids is 3. The van der Waals surface area contributed by atoms with Gasteiger partial charge in [-0.1, -0.05) is 38.5 Å². The predicted octanol–water partition coefficient (Wildman–Crippen LogP) is 3.66. The molecule has 0 radical (unpaired) electrons. The van der Waals surface area contributed by atoms with E-state index in [0.717, 1.165) is 12.0 Å². The van der Waals surface area contributed by atoms with Gasteiger partial charge in [0, 0.05) is 21.9 Å². The van der Waals surface area contributed by atoms with E-state index in [0.29, 0.717) is 10.7 Å². The van der Waals surface area contributed by atoms with Crippen LogP contribution < -0.4 is 10.6 Å². The minimum absolute atomic E-state index is 0.0802. The van der Waals surface area contributed by atoms with Crippen molar-refractivity contribution in [1.29, 1.82) is 0 Å². The van der Waals surface area contributed by atoms with Crippen LogP contribution in [0, 0.1) is 5.92 Å². The second-order valence-corrected chi connectivity index (χ2v) is 11.1. The summed E-state index contributed by atoms with van der Waals surface area (Å²) in [4.78, 5) is 45.4. The average molecular weight is 459 g/mol. The number of nitrogens with one attached hydrogen (secondary N) is 2. The van der Waals surface area contributed by atoms with Crippen molar-refractivity contribution in [2.75, 3.05) is 5.32 Å². The molecular formula is C22H26N4O3S2. The number of benzene rings is 1. The van der Waals surface area contributed by atoms with Crippen molar-refractivity contribution in [1.82, 2.24) is 15.2 Å². The van der Waals surface area contributed by atoms with Crippen LogP contribution in [0.2, 0.25) is 0 Å². The number of nitrogens with zero attached hydrogens (tertiary/aromatic N) is 2. The topological polar surface area (TPSA) is 91.4 Å². The van der Waals surface area contributed by atoms with Gasteiger partial charge in [0.1, 0.15) is 17.5 Å². The molecule has 1 aromatic carbocycles. The molecule has 1 aromatic heterocycles. The number of rotatable bonds is 6. The molecular weight excluding hydrogens is 432 g/mol. The Bertz CT molecular complexity index is 1010. The van der Waals surface area contributed by atoms with E-state index in [-0.39, 0.29) is 29.0 Å². The van der Waals surface area contributed by atoms with Crippen LogP contribution in [0.3, 0.4) is 0 Å². The summed E-state index contributed by atoms with van der Waals surface area (Å²) in [6.07, 6.45) is 2.34. The van der Waals surface area contributed by atoms with Crippen molar-refractivity contribution < 1.29 is 14.4 Å². The maximum Gasteiger partial charge on any atom is 0.256 e. The first-order valence-corrected chi connectivity index (χ1v) is 12.1. The fourth-order valence-electron chi connectivity index (χ4n) is 4.21. The zero-order valence-corrected chi connectivity index (χ0v) is 19.5. The fourth-order valence-corrected chi connectivity index (χ4v) is 6.33. The zero-order chi connectivity index (χ0) is 22.3. The van der Waals surface area contributed by atoms with E-state index in [1.54, 1.807) is 28.2 Å². The number of fused-ring (bicyclic) bond motifs is 3.